The Balaban J connectivity index is 1.18. The lowest BCUT2D eigenvalue weighted by atomic mass is 9.41. The maximum atomic E-state index is 15.1. The Bertz CT molecular complexity index is 1890. The summed E-state index contributed by atoms with van der Waals surface area (Å²) in [6, 6.07) is 5.42. The highest BCUT2D eigenvalue weighted by Gasteiger charge is 2.74. The number of aryl methyl sites for hydroxylation is 1. The van der Waals surface area contributed by atoms with Crippen LogP contribution in [-0.4, -0.2) is 103 Å². The van der Waals surface area contributed by atoms with Gasteiger partial charge in [0, 0.05) is 41.8 Å². The fourth-order valence-electron chi connectivity index (χ4n) is 14.9. The van der Waals surface area contributed by atoms with Gasteiger partial charge in [-0.1, -0.05) is 55.7 Å². The molecule has 2 saturated heterocycles. The predicted octanol–water partition coefficient (Wildman–Crippen LogP) is 6.22. The molecule has 0 radical (unpaired) electrons. The molecule has 6 N–H and O–H groups in total. The predicted molar refractivity (Wildman–Crippen MR) is 230 cm³/mol. The average molecular weight is 854 g/mol. The molecular weight excluding hydrogens is 787 g/mol. The molecule has 1 aromatic carbocycles. The van der Waals surface area contributed by atoms with Gasteiger partial charge in [-0.25, -0.2) is 0 Å². The van der Waals surface area contributed by atoms with Crippen LogP contribution in [0, 0.1) is 57.2 Å². The van der Waals surface area contributed by atoms with Crippen LogP contribution in [0.15, 0.2) is 29.8 Å². The molecule has 10 aliphatic rings. The van der Waals surface area contributed by atoms with E-state index in [1.54, 1.807) is 39.8 Å². The Morgan fingerprint density at radius 1 is 0.983 bits per heavy atom. The highest BCUT2D eigenvalue weighted by atomic mass is 33.1. The molecule has 59 heavy (non-hydrogen) atoms. The third kappa shape index (κ3) is 6.02. The van der Waals surface area contributed by atoms with Gasteiger partial charge in [-0.15, -0.1) is 0 Å². The Morgan fingerprint density at radius 2 is 1.75 bits per heavy atom. The van der Waals surface area contributed by atoms with Crippen molar-refractivity contribution in [3.63, 3.8) is 0 Å². The minimum Gasteiger partial charge on any atom is -0.508 e. The smallest absolute Gasteiger partial charge is 0.233 e. The molecule has 5 aliphatic carbocycles. The largest absolute Gasteiger partial charge is 0.508 e. The van der Waals surface area contributed by atoms with E-state index in [0.717, 1.165) is 30.4 Å². The minimum atomic E-state index is -1.43. The number of ether oxygens (including phenoxy) is 1. The Morgan fingerprint density at radius 3 is 2.49 bits per heavy atom. The van der Waals surface area contributed by atoms with Crippen LogP contribution >= 0.6 is 21.6 Å². The number of anilines is 1. The molecule has 326 valence electrons. The first kappa shape index (κ1) is 42.7. The first-order chi connectivity index (χ1) is 27.9. The fraction of sp³-hybridized carbons (Fsp3) is 0.787. The average Bonchev–Trinajstić information content (AvgIpc) is 3.85. The van der Waals surface area contributed by atoms with E-state index >= 15 is 4.79 Å². The maximum absolute atomic E-state index is 15.1. The zero-order valence-electron chi connectivity index (χ0n) is 35.6. The van der Waals surface area contributed by atoms with Crippen molar-refractivity contribution in [2.24, 2.45) is 57.2 Å². The van der Waals surface area contributed by atoms with E-state index in [9.17, 15) is 35.4 Å². The summed E-state index contributed by atoms with van der Waals surface area (Å²) >= 11 is 0. The molecule has 4 saturated carbocycles. The van der Waals surface area contributed by atoms with Crippen LogP contribution in [0.3, 0.4) is 0 Å². The monoisotopic (exact) mass is 853 g/mol. The van der Waals surface area contributed by atoms with Gasteiger partial charge in [0.05, 0.1) is 40.3 Å². The van der Waals surface area contributed by atoms with Crippen molar-refractivity contribution in [1.29, 1.82) is 0 Å². The van der Waals surface area contributed by atoms with E-state index in [2.05, 4.69) is 27.7 Å². The highest BCUT2D eigenvalue weighted by molar-refractivity contribution is 8.76. The molecule has 5 aliphatic heterocycles. The van der Waals surface area contributed by atoms with Crippen LogP contribution in [0.25, 0.3) is 0 Å². The number of carbonyl (C=O) groups is 2. The van der Waals surface area contributed by atoms with Crippen molar-refractivity contribution in [1.82, 2.24) is 0 Å². The molecule has 10 nitrogen and oxygen atoms in total. The number of benzene rings is 1. The third-order valence-electron chi connectivity index (χ3n) is 18.6. The van der Waals surface area contributed by atoms with Crippen LogP contribution in [-0.2, 0) is 20.7 Å². The summed E-state index contributed by atoms with van der Waals surface area (Å²) in [4.78, 5) is 31.9. The number of nitrogens with zero attached hydrogens (tertiary/aromatic N) is 1. The molecule has 12 heteroatoms. The quantitative estimate of drug-likeness (QED) is 0.147. The van der Waals surface area contributed by atoms with Crippen LogP contribution in [0.5, 0.6) is 5.75 Å². The third-order valence-corrected chi connectivity index (χ3v) is 21.2. The standard InChI is InChI=1S/C47H67NO9S2/c1-26(2)27(3)39-40(57-39)43(5,55)37-11-14-47(56)34-20-38(53)45-22-36(52)35(51)21-42(45,4)33(34)10-13-44(37,47)12-9-28-17-31(19-32(50)18-28)48-16-15-46(41(48)54)29(23-49)7-6-8-30(46)24-58-59-25-45/h17-20,26-27,29-30,33,35-37,39-40,49-52,55-56H,6-16,21-25H2,1-5H3/t27-,29-,30-,33+,35+,36-,37+,39-,40-,42-,43-,44+,45-,46+,47+/m1/s1. The topological polar surface area (TPSA) is 171 Å². The normalized spacial score (nSPS) is 46.1. The van der Waals surface area contributed by atoms with Gasteiger partial charge in [0.2, 0.25) is 5.91 Å². The molecule has 1 aromatic rings. The van der Waals surface area contributed by atoms with Crippen molar-refractivity contribution in [2.75, 3.05) is 29.6 Å². The number of epoxide rings is 1. The number of allylic oxidation sites excluding steroid dienone is 1. The van der Waals surface area contributed by atoms with Gasteiger partial charge in [-0.3, -0.25) is 9.59 Å². The zero-order chi connectivity index (χ0) is 42.1. The van der Waals surface area contributed by atoms with Gasteiger partial charge in [-0.05, 0) is 148 Å². The number of hydrogen-bond acceptors (Lipinski definition) is 11. The number of hydrogen-bond donors (Lipinski definition) is 6. The second-order valence-corrected chi connectivity index (χ2v) is 23.7. The molecule has 1 amide bonds. The number of carbonyl (C=O) groups excluding carboxylic acids is 2. The number of rotatable bonds is 5. The van der Waals surface area contributed by atoms with E-state index < -0.39 is 45.1 Å². The Hall–Kier alpha value is -1.64. The first-order valence-electron chi connectivity index (χ1n) is 22.6. The number of aliphatic hydroxyl groups excluding tert-OH is 3. The number of fused-ring (bicyclic) bond motifs is 2. The molecule has 15 atom stereocenters. The van der Waals surface area contributed by atoms with Crippen molar-refractivity contribution < 1.29 is 45.0 Å². The highest BCUT2D eigenvalue weighted by Crippen LogP contribution is 2.73. The van der Waals surface area contributed by atoms with Gasteiger partial charge in [-0.2, -0.15) is 0 Å². The van der Waals surface area contributed by atoms with Crippen molar-refractivity contribution in [2.45, 2.75) is 147 Å². The van der Waals surface area contributed by atoms with Crippen molar-refractivity contribution in [3.05, 3.63) is 35.4 Å². The summed E-state index contributed by atoms with van der Waals surface area (Å²) in [6.07, 6.45) is 5.87. The number of aromatic hydroxyl groups is 1. The molecule has 3 spiro atoms. The summed E-state index contributed by atoms with van der Waals surface area (Å²) in [5, 5.41) is 71.2. The summed E-state index contributed by atoms with van der Waals surface area (Å²) in [6.45, 7) is 10.9. The van der Waals surface area contributed by atoms with Crippen LogP contribution in [0.2, 0.25) is 0 Å². The lowest BCUT2D eigenvalue weighted by Gasteiger charge is -2.65. The second kappa shape index (κ2) is 14.7. The molecule has 0 unspecified atom stereocenters. The molecule has 0 aromatic heterocycles. The number of amides is 1. The first-order valence-corrected chi connectivity index (χ1v) is 25.1. The number of ketones is 1. The molecule has 6 fully saturated rings. The molecule has 11 rings (SSSR count). The van der Waals surface area contributed by atoms with Gasteiger partial charge < -0.3 is 40.3 Å². The summed E-state index contributed by atoms with van der Waals surface area (Å²) in [5.74, 6) is 0.940. The van der Waals surface area contributed by atoms with Crippen LogP contribution < -0.4 is 4.90 Å². The van der Waals surface area contributed by atoms with Gasteiger partial charge in [0.1, 0.15) is 11.9 Å². The lowest BCUT2D eigenvalue weighted by Crippen LogP contribution is -2.67. The van der Waals surface area contributed by atoms with Crippen LogP contribution in [0.4, 0.5) is 5.69 Å². The number of phenolic OH excluding ortho intramolecular Hbond substituents is 1. The Labute approximate surface area is 357 Å². The zero-order valence-corrected chi connectivity index (χ0v) is 37.2. The molecule has 8 bridgehead atoms. The van der Waals surface area contributed by atoms with E-state index in [1.807, 2.05) is 17.9 Å². The van der Waals surface area contributed by atoms with Gasteiger partial charge >= 0.3 is 0 Å². The van der Waals surface area contributed by atoms with Crippen molar-refractivity contribution >= 4 is 39.0 Å². The van der Waals surface area contributed by atoms with E-state index in [-0.39, 0.29) is 78.7 Å². The van der Waals surface area contributed by atoms with Gasteiger partial charge in [0.15, 0.2) is 5.78 Å². The number of phenols is 1. The van der Waals surface area contributed by atoms with Gasteiger partial charge in [0.25, 0.3) is 0 Å². The lowest BCUT2D eigenvalue weighted by molar-refractivity contribution is -0.183. The molecular formula is C47H67NO9S2. The van der Waals surface area contributed by atoms with Crippen LogP contribution in [0.1, 0.15) is 111 Å². The fourth-order valence-corrected chi connectivity index (χ4v) is 18.1. The van der Waals surface area contributed by atoms with E-state index in [0.29, 0.717) is 74.6 Å². The minimum absolute atomic E-state index is 0.00445. The van der Waals surface area contributed by atoms with E-state index in [1.165, 1.54) is 0 Å². The molecule has 5 heterocycles. The van der Waals surface area contributed by atoms with E-state index in [4.69, 9.17) is 4.74 Å². The summed E-state index contributed by atoms with van der Waals surface area (Å²) in [7, 11) is 3.29. The number of aliphatic hydroxyl groups is 5. The summed E-state index contributed by atoms with van der Waals surface area (Å²) < 4.78 is 6.34. The summed E-state index contributed by atoms with van der Waals surface area (Å²) in [5.41, 5.74) is -3.82. The maximum Gasteiger partial charge on any atom is 0.233 e. The van der Waals surface area contributed by atoms with Crippen molar-refractivity contribution in [3.8, 4) is 5.75 Å². The SMILES string of the molecule is CC(C)[C@@H](C)[C@H]1O[C@H]1[C@](C)(O)[C@@H]1CC[C@]2(O)C3=CC(=O)[C@@]45CSSC[C@H]6CCC[C@H](CO)[C@@]67CCN(C7=O)c6cc(O)cc(c6)CC[C@]12CC[C@@H]3[C@@]4(C)C[C@H](O)[C@H](O)C5. The second-order valence-electron chi connectivity index (χ2n) is 21.2. The Kier molecular flexibility index (Phi) is 10.6.